The maximum Gasteiger partial charge on any atom is 0.238 e. The van der Waals surface area contributed by atoms with Gasteiger partial charge in [0.25, 0.3) is 0 Å². The van der Waals surface area contributed by atoms with Gasteiger partial charge in [0.05, 0.1) is 16.8 Å². The topological polar surface area (TPSA) is 138 Å². The van der Waals surface area contributed by atoms with Gasteiger partial charge in [0.1, 0.15) is 11.9 Å². The van der Waals surface area contributed by atoms with Crippen LogP contribution in [0.3, 0.4) is 0 Å². The first kappa shape index (κ1) is 17.3. The van der Waals surface area contributed by atoms with Gasteiger partial charge in [-0.15, -0.1) is 5.10 Å². The largest absolute Gasteiger partial charge is 0.379 e. The predicted molar refractivity (Wildman–Crippen MR) is 99.5 cm³/mol. The average Bonchev–Trinajstić information content (AvgIpc) is 3.36. The molecule has 2 heterocycles. The lowest BCUT2D eigenvalue weighted by molar-refractivity contribution is 0.597. The minimum atomic E-state index is -3.75. The number of hydrogen-bond donors (Lipinski definition) is 3. The van der Waals surface area contributed by atoms with E-state index in [1.54, 1.807) is 12.1 Å². The van der Waals surface area contributed by atoms with Crippen LogP contribution >= 0.6 is 0 Å². The molecule has 0 unspecified atom stereocenters. The Morgan fingerprint density at radius 3 is 2.85 bits per heavy atom. The number of hydrogen-bond acceptors (Lipinski definition) is 7. The van der Waals surface area contributed by atoms with Crippen LogP contribution in [0.25, 0.3) is 5.65 Å². The zero-order valence-corrected chi connectivity index (χ0v) is 15.1. The molecule has 1 aromatic carbocycles. The third-order valence-electron chi connectivity index (χ3n) is 4.22. The molecule has 0 radical (unpaired) electrons. The SMILES string of the molecule is N#Cc1cnc2c(NC3CC3)cc(NCc3cccc(S(N)(=O)=O)c3)nn12. The van der Waals surface area contributed by atoms with E-state index in [9.17, 15) is 13.7 Å². The molecule has 0 amide bonds. The average molecular weight is 383 g/mol. The lowest BCUT2D eigenvalue weighted by atomic mass is 10.2. The van der Waals surface area contributed by atoms with Crippen molar-refractivity contribution >= 4 is 27.2 Å². The van der Waals surface area contributed by atoms with E-state index in [1.165, 1.54) is 22.8 Å². The Bertz CT molecular complexity index is 1160. The van der Waals surface area contributed by atoms with E-state index in [-0.39, 0.29) is 4.90 Å². The molecule has 0 spiro atoms. The molecule has 0 saturated heterocycles. The van der Waals surface area contributed by atoms with E-state index in [4.69, 9.17) is 5.14 Å². The van der Waals surface area contributed by atoms with Crippen LogP contribution in [0.5, 0.6) is 0 Å². The molecule has 2 aromatic heterocycles. The summed E-state index contributed by atoms with van der Waals surface area (Å²) in [6.07, 6.45) is 3.69. The van der Waals surface area contributed by atoms with Crippen molar-refractivity contribution in [3.63, 3.8) is 0 Å². The van der Waals surface area contributed by atoms with Gasteiger partial charge in [0.15, 0.2) is 11.3 Å². The van der Waals surface area contributed by atoms with E-state index in [1.807, 2.05) is 6.07 Å². The van der Waals surface area contributed by atoms with Crippen molar-refractivity contribution in [2.24, 2.45) is 5.14 Å². The van der Waals surface area contributed by atoms with Crippen LogP contribution in [0.2, 0.25) is 0 Å². The predicted octanol–water partition coefficient (Wildman–Crippen LogP) is 1.43. The summed E-state index contributed by atoms with van der Waals surface area (Å²) in [5, 5.41) is 25.4. The summed E-state index contributed by atoms with van der Waals surface area (Å²) >= 11 is 0. The highest BCUT2D eigenvalue weighted by Crippen LogP contribution is 2.28. The Morgan fingerprint density at radius 1 is 1.33 bits per heavy atom. The second-order valence-corrected chi connectivity index (χ2v) is 7.96. The number of benzene rings is 1. The number of aromatic nitrogens is 3. The van der Waals surface area contributed by atoms with Gasteiger partial charge >= 0.3 is 0 Å². The molecule has 1 fully saturated rings. The zero-order valence-electron chi connectivity index (χ0n) is 14.3. The smallest absolute Gasteiger partial charge is 0.238 e. The molecule has 9 nitrogen and oxygen atoms in total. The van der Waals surface area contributed by atoms with Gasteiger partial charge in [-0.1, -0.05) is 12.1 Å². The third kappa shape index (κ3) is 3.69. The highest BCUT2D eigenvalue weighted by Gasteiger charge is 2.23. The van der Waals surface area contributed by atoms with Crippen LogP contribution in [0, 0.1) is 11.3 Å². The molecule has 1 saturated carbocycles. The van der Waals surface area contributed by atoms with E-state index >= 15 is 0 Å². The minimum Gasteiger partial charge on any atom is -0.379 e. The van der Waals surface area contributed by atoms with Crippen molar-refractivity contribution in [3.05, 3.63) is 47.8 Å². The quantitative estimate of drug-likeness (QED) is 0.585. The first-order valence-corrected chi connectivity index (χ1v) is 9.90. The number of fused-ring (bicyclic) bond motifs is 1. The van der Waals surface area contributed by atoms with E-state index in [0.29, 0.717) is 29.7 Å². The van der Waals surface area contributed by atoms with Crippen molar-refractivity contribution in [1.82, 2.24) is 14.6 Å². The van der Waals surface area contributed by atoms with Crippen molar-refractivity contribution in [2.75, 3.05) is 10.6 Å². The maximum atomic E-state index is 11.5. The summed E-state index contributed by atoms with van der Waals surface area (Å²) in [5.41, 5.74) is 2.48. The Hall–Kier alpha value is -3.16. The summed E-state index contributed by atoms with van der Waals surface area (Å²) in [5.74, 6) is 0.543. The fraction of sp³-hybridized carbons (Fsp3) is 0.235. The molecule has 1 aliphatic rings. The number of nitrogens with one attached hydrogen (secondary N) is 2. The molecular weight excluding hydrogens is 366 g/mol. The van der Waals surface area contributed by atoms with E-state index < -0.39 is 10.0 Å². The molecule has 0 atom stereocenters. The van der Waals surface area contributed by atoms with Crippen LogP contribution in [0.15, 0.2) is 41.4 Å². The van der Waals surface area contributed by atoms with Crippen LogP contribution in [-0.4, -0.2) is 29.1 Å². The van der Waals surface area contributed by atoms with Crippen LogP contribution in [-0.2, 0) is 16.6 Å². The number of primary sulfonamides is 1. The number of nitriles is 1. The van der Waals surface area contributed by atoms with E-state index in [0.717, 1.165) is 24.1 Å². The number of rotatable bonds is 6. The number of nitrogens with two attached hydrogens (primary N) is 1. The van der Waals surface area contributed by atoms with Crippen LogP contribution in [0.4, 0.5) is 11.5 Å². The van der Waals surface area contributed by atoms with Crippen LogP contribution < -0.4 is 15.8 Å². The van der Waals surface area contributed by atoms with Crippen LogP contribution in [0.1, 0.15) is 24.1 Å². The summed E-state index contributed by atoms with van der Waals surface area (Å²) < 4.78 is 24.5. The van der Waals surface area contributed by atoms with Gasteiger partial charge in [-0.25, -0.2) is 18.5 Å². The van der Waals surface area contributed by atoms with Crippen molar-refractivity contribution in [3.8, 4) is 6.07 Å². The van der Waals surface area contributed by atoms with Crippen molar-refractivity contribution < 1.29 is 8.42 Å². The Balaban J connectivity index is 1.63. The molecule has 4 rings (SSSR count). The summed E-state index contributed by atoms with van der Waals surface area (Å²) in [6, 6.07) is 10.7. The van der Waals surface area contributed by atoms with Crippen molar-refractivity contribution in [1.29, 1.82) is 5.26 Å². The fourth-order valence-electron chi connectivity index (χ4n) is 2.71. The molecular formula is C17H17N7O2S. The first-order chi connectivity index (χ1) is 12.9. The number of nitrogens with zero attached hydrogens (tertiary/aromatic N) is 4. The number of anilines is 2. The fourth-order valence-corrected chi connectivity index (χ4v) is 3.29. The van der Waals surface area contributed by atoms with Gasteiger partial charge < -0.3 is 10.6 Å². The molecule has 0 bridgehead atoms. The lowest BCUT2D eigenvalue weighted by Gasteiger charge is -2.11. The number of imidazole rings is 1. The molecule has 0 aliphatic heterocycles. The van der Waals surface area contributed by atoms with Gasteiger partial charge in [-0.05, 0) is 30.5 Å². The van der Waals surface area contributed by atoms with E-state index in [2.05, 4.69) is 26.8 Å². The molecule has 1 aliphatic carbocycles. The maximum absolute atomic E-state index is 11.5. The normalized spacial score (nSPS) is 14.1. The van der Waals surface area contributed by atoms with Crippen molar-refractivity contribution in [2.45, 2.75) is 30.3 Å². The third-order valence-corrected chi connectivity index (χ3v) is 5.13. The minimum absolute atomic E-state index is 0.0580. The lowest BCUT2D eigenvalue weighted by Crippen LogP contribution is -2.13. The standard InChI is InChI=1S/C17H17N7O2S/c18-8-13-10-21-17-15(22-12-4-5-12)7-16(23-24(13)17)20-9-11-2-1-3-14(6-11)27(19,25)26/h1-3,6-7,10,12,22H,4-5,9H2,(H,20,23)(H2,19,25,26). The summed E-state index contributed by atoms with van der Waals surface area (Å²) in [4.78, 5) is 4.33. The number of sulfonamides is 1. The molecule has 10 heteroatoms. The van der Waals surface area contributed by atoms with Gasteiger partial charge in [0.2, 0.25) is 10.0 Å². The van der Waals surface area contributed by atoms with Gasteiger partial charge in [-0.3, -0.25) is 0 Å². The first-order valence-electron chi connectivity index (χ1n) is 8.35. The molecule has 27 heavy (non-hydrogen) atoms. The highest BCUT2D eigenvalue weighted by molar-refractivity contribution is 7.89. The monoisotopic (exact) mass is 383 g/mol. The van der Waals surface area contributed by atoms with Gasteiger partial charge in [-0.2, -0.15) is 9.78 Å². The summed E-state index contributed by atoms with van der Waals surface area (Å²) in [7, 11) is -3.75. The van der Waals surface area contributed by atoms with Gasteiger partial charge in [0, 0.05) is 18.7 Å². The second-order valence-electron chi connectivity index (χ2n) is 6.40. The highest BCUT2D eigenvalue weighted by atomic mass is 32.2. The zero-order chi connectivity index (χ0) is 19.0. The Kier molecular flexibility index (Phi) is 4.18. The molecule has 4 N–H and O–H groups in total. The Morgan fingerprint density at radius 2 is 2.15 bits per heavy atom. The summed E-state index contributed by atoms with van der Waals surface area (Å²) in [6.45, 7) is 0.349. The Labute approximate surface area is 155 Å². The molecule has 138 valence electrons. The molecule has 3 aromatic rings. The second kappa shape index (κ2) is 6.53.